The molecule has 1 aliphatic rings. The van der Waals surface area contributed by atoms with Gasteiger partial charge in [0.25, 0.3) is 5.91 Å². The molecule has 5 rings (SSSR count). The van der Waals surface area contributed by atoms with E-state index in [1.807, 2.05) is 48.5 Å². The summed E-state index contributed by atoms with van der Waals surface area (Å²) in [5.74, 6) is 0.550. The SMILES string of the molecule is O=C(N[C@@H]1CCOc2ccccc21)c1nccnc1-c1nc2ccccc2s1. The van der Waals surface area contributed by atoms with Crippen LogP contribution in [-0.2, 0) is 0 Å². The van der Waals surface area contributed by atoms with E-state index in [2.05, 4.69) is 20.3 Å². The quantitative estimate of drug-likeness (QED) is 0.574. The van der Waals surface area contributed by atoms with Gasteiger partial charge in [-0.3, -0.25) is 4.79 Å². The topological polar surface area (TPSA) is 77.0 Å². The van der Waals surface area contributed by atoms with Gasteiger partial charge in [0.1, 0.15) is 16.5 Å². The Morgan fingerprint density at radius 2 is 1.89 bits per heavy atom. The zero-order chi connectivity index (χ0) is 18.9. The van der Waals surface area contributed by atoms with Crippen molar-refractivity contribution in [3.8, 4) is 16.5 Å². The van der Waals surface area contributed by atoms with Gasteiger partial charge < -0.3 is 10.1 Å². The Labute approximate surface area is 165 Å². The number of thiazole rings is 1. The maximum Gasteiger partial charge on any atom is 0.272 e. The molecule has 0 aliphatic carbocycles. The molecule has 1 atom stereocenters. The molecule has 0 bridgehead atoms. The minimum atomic E-state index is -0.260. The van der Waals surface area contributed by atoms with Gasteiger partial charge in [0.2, 0.25) is 0 Å². The summed E-state index contributed by atoms with van der Waals surface area (Å²) in [5, 5.41) is 3.78. The second kappa shape index (κ2) is 7.01. The molecule has 0 spiro atoms. The van der Waals surface area contributed by atoms with E-state index in [9.17, 15) is 4.79 Å². The summed E-state index contributed by atoms with van der Waals surface area (Å²) in [6.07, 6.45) is 3.82. The van der Waals surface area contributed by atoms with Crippen molar-refractivity contribution in [3.05, 3.63) is 72.2 Å². The second-order valence-electron chi connectivity index (χ2n) is 6.44. The lowest BCUT2D eigenvalue weighted by Gasteiger charge is -2.26. The van der Waals surface area contributed by atoms with Crippen molar-refractivity contribution in [2.24, 2.45) is 0 Å². The number of carbonyl (C=O) groups excluding carboxylic acids is 1. The fourth-order valence-corrected chi connectivity index (χ4v) is 4.32. The Kier molecular flexibility index (Phi) is 4.21. The van der Waals surface area contributed by atoms with Gasteiger partial charge in [-0.15, -0.1) is 11.3 Å². The standard InChI is InChI=1S/C21H16N4O2S/c26-20(24-14-9-12-27-16-7-3-1-5-13(14)16)18-19(23-11-10-22-18)21-25-15-6-2-4-8-17(15)28-21/h1-8,10-11,14H,9,12H2,(H,24,26)/t14-/m1/s1. The summed E-state index contributed by atoms with van der Waals surface area (Å²) >= 11 is 1.50. The van der Waals surface area contributed by atoms with Gasteiger partial charge >= 0.3 is 0 Å². The zero-order valence-electron chi connectivity index (χ0n) is 14.8. The lowest BCUT2D eigenvalue weighted by atomic mass is 10.0. The summed E-state index contributed by atoms with van der Waals surface area (Å²) in [4.78, 5) is 26.4. The average Bonchev–Trinajstić information content (AvgIpc) is 3.18. The first-order valence-corrected chi connectivity index (χ1v) is 9.81. The van der Waals surface area contributed by atoms with Gasteiger partial charge in [-0.25, -0.2) is 15.0 Å². The Hall–Kier alpha value is -3.32. The third-order valence-corrected chi connectivity index (χ3v) is 5.72. The number of rotatable bonds is 3. The molecule has 1 aliphatic heterocycles. The molecule has 0 saturated carbocycles. The van der Waals surface area contributed by atoms with E-state index in [0.29, 0.717) is 23.7 Å². The van der Waals surface area contributed by atoms with E-state index < -0.39 is 0 Å². The third kappa shape index (κ3) is 2.99. The van der Waals surface area contributed by atoms with Gasteiger partial charge in [0, 0.05) is 24.4 Å². The second-order valence-corrected chi connectivity index (χ2v) is 7.47. The minimum absolute atomic E-state index is 0.123. The summed E-state index contributed by atoms with van der Waals surface area (Å²) in [7, 11) is 0. The predicted molar refractivity (Wildman–Crippen MR) is 107 cm³/mol. The lowest BCUT2D eigenvalue weighted by molar-refractivity contribution is 0.0920. The molecule has 4 aromatic rings. The molecule has 0 saturated heterocycles. The Bertz CT molecular complexity index is 1140. The average molecular weight is 388 g/mol. The molecule has 138 valence electrons. The zero-order valence-corrected chi connectivity index (χ0v) is 15.6. The number of nitrogens with zero attached hydrogens (tertiary/aromatic N) is 3. The maximum atomic E-state index is 13.1. The van der Waals surface area contributed by atoms with E-state index in [4.69, 9.17) is 4.74 Å². The number of carbonyl (C=O) groups is 1. The van der Waals surface area contributed by atoms with Crippen molar-refractivity contribution in [2.75, 3.05) is 6.61 Å². The molecule has 1 N–H and O–H groups in total. The van der Waals surface area contributed by atoms with Crippen LogP contribution in [0.25, 0.3) is 20.9 Å². The first-order valence-electron chi connectivity index (χ1n) is 8.99. The molecular weight excluding hydrogens is 372 g/mol. The van der Waals surface area contributed by atoms with Gasteiger partial charge in [-0.05, 0) is 18.2 Å². The number of nitrogens with one attached hydrogen (secondary N) is 1. The fourth-order valence-electron chi connectivity index (χ4n) is 3.35. The molecule has 0 unspecified atom stereocenters. The highest BCUT2D eigenvalue weighted by Gasteiger charge is 2.26. The summed E-state index contributed by atoms with van der Waals surface area (Å²) in [6, 6.07) is 15.5. The number of hydrogen-bond acceptors (Lipinski definition) is 6. The van der Waals surface area contributed by atoms with Crippen LogP contribution < -0.4 is 10.1 Å². The Morgan fingerprint density at radius 1 is 1.07 bits per heavy atom. The van der Waals surface area contributed by atoms with Crippen LogP contribution in [0, 0.1) is 0 Å². The van der Waals surface area contributed by atoms with Crippen LogP contribution in [0.15, 0.2) is 60.9 Å². The molecule has 2 aromatic carbocycles. The number of fused-ring (bicyclic) bond motifs is 2. The van der Waals surface area contributed by atoms with Crippen molar-refractivity contribution in [1.82, 2.24) is 20.3 Å². The van der Waals surface area contributed by atoms with Gasteiger partial charge in [-0.2, -0.15) is 0 Å². The lowest BCUT2D eigenvalue weighted by Crippen LogP contribution is -2.33. The van der Waals surface area contributed by atoms with E-state index in [0.717, 1.165) is 21.5 Å². The molecule has 7 heteroatoms. The van der Waals surface area contributed by atoms with Crippen LogP contribution in [0.1, 0.15) is 28.5 Å². The molecule has 0 radical (unpaired) electrons. The minimum Gasteiger partial charge on any atom is -0.493 e. The summed E-state index contributed by atoms with van der Waals surface area (Å²) in [5.41, 5.74) is 2.65. The van der Waals surface area contributed by atoms with Crippen molar-refractivity contribution >= 4 is 27.5 Å². The van der Waals surface area contributed by atoms with Gasteiger partial charge in [-0.1, -0.05) is 30.3 Å². The van der Waals surface area contributed by atoms with Crippen molar-refractivity contribution < 1.29 is 9.53 Å². The first kappa shape index (κ1) is 16.8. The fraction of sp³-hybridized carbons (Fsp3) is 0.143. The van der Waals surface area contributed by atoms with Crippen LogP contribution >= 0.6 is 11.3 Å². The van der Waals surface area contributed by atoms with Crippen LogP contribution in [0.4, 0.5) is 0 Å². The molecule has 28 heavy (non-hydrogen) atoms. The highest BCUT2D eigenvalue weighted by Crippen LogP contribution is 2.33. The van der Waals surface area contributed by atoms with Crippen molar-refractivity contribution in [1.29, 1.82) is 0 Å². The highest BCUT2D eigenvalue weighted by atomic mass is 32.1. The molecule has 3 heterocycles. The Balaban J connectivity index is 1.48. The molecule has 6 nitrogen and oxygen atoms in total. The number of ether oxygens (including phenoxy) is 1. The molecular formula is C21H16N4O2S. The van der Waals surface area contributed by atoms with Crippen LogP contribution in [0.5, 0.6) is 5.75 Å². The van der Waals surface area contributed by atoms with Gasteiger partial charge in [0.05, 0.1) is 22.9 Å². The van der Waals surface area contributed by atoms with Crippen molar-refractivity contribution in [2.45, 2.75) is 12.5 Å². The normalized spacial score (nSPS) is 15.6. The van der Waals surface area contributed by atoms with Gasteiger partial charge in [0.15, 0.2) is 5.69 Å². The Morgan fingerprint density at radius 3 is 2.82 bits per heavy atom. The smallest absolute Gasteiger partial charge is 0.272 e. The van der Waals surface area contributed by atoms with E-state index >= 15 is 0 Å². The maximum absolute atomic E-state index is 13.1. The largest absolute Gasteiger partial charge is 0.493 e. The number of para-hydroxylation sites is 2. The van der Waals surface area contributed by atoms with E-state index in [-0.39, 0.29) is 17.6 Å². The van der Waals surface area contributed by atoms with Crippen LogP contribution in [0.3, 0.4) is 0 Å². The first-order chi connectivity index (χ1) is 13.8. The van der Waals surface area contributed by atoms with Crippen LogP contribution in [-0.4, -0.2) is 27.5 Å². The number of hydrogen-bond donors (Lipinski definition) is 1. The van der Waals surface area contributed by atoms with E-state index in [1.54, 1.807) is 6.20 Å². The molecule has 1 amide bonds. The highest BCUT2D eigenvalue weighted by molar-refractivity contribution is 7.21. The summed E-state index contributed by atoms with van der Waals surface area (Å²) in [6.45, 7) is 0.563. The van der Waals surface area contributed by atoms with Crippen molar-refractivity contribution in [3.63, 3.8) is 0 Å². The number of benzene rings is 2. The summed E-state index contributed by atoms with van der Waals surface area (Å²) < 4.78 is 6.73. The monoisotopic (exact) mass is 388 g/mol. The number of amides is 1. The molecule has 0 fully saturated rings. The third-order valence-electron chi connectivity index (χ3n) is 4.67. The van der Waals surface area contributed by atoms with Crippen LogP contribution in [0.2, 0.25) is 0 Å². The van der Waals surface area contributed by atoms with E-state index in [1.165, 1.54) is 17.5 Å². The molecule has 2 aromatic heterocycles. The number of aromatic nitrogens is 3. The predicted octanol–water partition coefficient (Wildman–Crippen LogP) is 4.01.